The predicted octanol–water partition coefficient (Wildman–Crippen LogP) is 3.94. The highest BCUT2D eigenvalue weighted by Gasteiger charge is 2.26. The van der Waals surface area contributed by atoms with Crippen molar-refractivity contribution in [2.45, 2.75) is 19.9 Å². The van der Waals surface area contributed by atoms with Gasteiger partial charge in [0.15, 0.2) is 0 Å². The van der Waals surface area contributed by atoms with Gasteiger partial charge in [-0.25, -0.2) is 4.39 Å². The standard InChI is InChI=1S/C20H23ClFN3O/c1-14-3-4-16(21)13-19(14)23-20(26)15(2)24-9-11-25(12-10-24)18-7-5-17(22)6-8-18/h3-8,13,15H,9-12H2,1-2H3,(H,23,26)/t15-/m1/s1. The summed E-state index contributed by atoms with van der Waals surface area (Å²) in [5.74, 6) is -0.264. The summed E-state index contributed by atoms with van der Waals surface area (Å²) in [6, 6.07) is 11.8. The number of halogens is 2. The zero-order valence-corrected chi connectivity index (χ0v) is 15.8. The molecule has 0 spiro atoms. The fourth-order valence-corrected chi connectivity index (χ4v) is 3.32. The van der Waals surface area contributed by atoms with Crippen molar-refractivity contribution < 1.29 is 9.18 Å². The van der Waals surface area contributed by atoms with Gasteiger partial charge < -0.3 is 10.2 Å². The molecule has 1 heterocycles. The summed E-state index contributed by atoms with van der Waals surface area (Å²) < 4.78 is 13.1. The molecule has 0 aliphatic carbocycles. The highest BCUT2D eigenvalue weighted by Crippen LogP contribution is 2.21. The highest BCUT2D eigenvalue weighted by molar-refractivity contribution is 6.31. The van der Waals surface area contributed by atoms with Crippen LogP contribution < -0.4 is 10.2 Å². The average molecular weight is 376 g/mol. The van der Waals surface area contributed by atoms with Crippen molar-refractivity contribution in [3.05, 3.63) is 58.9 Å². The molecule has 26 heavy (non-hydrogen) atoms. The van der Waals surface area contributed by atoms with E-state index < -0.39 is 0 Å². The Kier molecular flexibility index (Phi) is 5.79. The lowest BCUT2D eigenvalue weighted by molar-refractivity contribution is -0.120. The van der Waals surface area contributed by atoms with Crippen molar-refractivity contribution in [3.63, 3.8) is 0 Å². The molecular weight excluding hydrogens is 353 g/mol. The second-order valence-corrected chi connectivity index (χ2v) is 7.06. The van der Waals surface area contributed by atoms with Crippen molar-refractivity contribution in [3.8, 4) is 0 Å². The molecule has 0 saturated carbocycles. The minimum Gasteiger partial charge on any atom is -0.369 e. The van der Waals surface area contributed by atoms with Crippen molar-refractivity contribution in [2.75, 3.05) is 36.4 Å². The first-order chi connectivity index (χ1) is 12.4. The number of amides is 1. The Morgan fingerprint density at radius 1 is 1.12 bits per heavy atom. The smallest absolute Gasteiger partial charge is 0.241 e. The van der Waals surface area contributed by atoms with E-state index >= 15 is 0 Å². The van der Waals surface area contributed by atoms with Gasteiger partial charge >= 0.3 is 0 Å². The van der Waals surface area contributed by atoms with Crippen molar-refractivity contribution in [1.82, 2.24) is 4.90 Å². The van der Waals surface area contributed by atoms with Gasteiger partial charge in [0.2, 0.25) is 5.91 Å². The molecule has 6 heteroatoms. The van der Waals surface area contributed by atoms with E-state index in [4.69, 9.17) is 11.6 Å². The highest BCUT2D eigenvalue weighted by atomic mass is 35.5. The Balaban J connectivity index is 1.57. The number of anilines is 2. The van der Waals surface area contributed by atoms with E-state index in [0.29, 0.717) is 5.02 Å². The number of hydrogen-bond donors (Lipinski definition) is 1. The summed E-state index contributed by atoms with van der Waals surface area (Å²) in [5, 5.41) is 3.58. The fraction of sp³-hybridized carbons (Fsp3) is 0.350. The Morgan fingerprint density at radius 2 is 1.77 bits per heavy atom. The van der Waals surface area contributed by atoms with Gasteiger partial charge in [-0.05, 0) is 55.8 Å². The average Bonchev–Trinajstić information content (AvgIpc) is 2.65. The Morgan fingerprint density at radius 3 is 2.42 bits per heavy atom. The molecule has 1 atom stereocenters. The zero-order chi connectivity index (χ0) is 18.7. The van der Waals surface area contributed by atoms with E-state index in [-0.39, 0.29) is 17.8 Å². The molecule has 1 aliphatic rings. The van der Waals surface area contributed by atoms with Crippen molar-refractivity contribution in [2.24, 2.45) is 0 Å². The van der Waals surface area contributed by atoms with Gasteiger partial charge in [-0.2, -0.15) is 0 Å². The molecule has 0 bridgehead atoms. The minimum atomic E-state index is -0.233. The van der Waals surface area contributed by atoms with E-state index in [1.165, 1.54) is 12.1 Å². The predicted molar refractivity (Wildman–Crippen MR) is 104 cm³/mol. The molecule has 0 aromatic heterocycles. The lowest BCUT2D eigenvalue weighted by atomic mass is 10.1. The summed E-state index contributed by atoms with van der Waals surface area (Å²) in [5.41, 5.74) is 2.74. The molecular formula is C20H23ClFN3O. The molecule has 1 aliphatic heterocycles. The fourth-order valence-electron chi connectivity index (χ4n) is 3.15. The van der Waals surface area contributed by atoms with Gasteiger partial charge in [0.25, 0.3) is 0 Å². The second kappa shape index (κ2) is 8.06. The number of carbonyl (C=O) groups excluding carboxylic acids is 1. The Hall–Kier alpha value is -2.11. The number of rotatable bonds is 4. The molecule has 0 unspecified atom stereocenters. The van der Waals surface area contributed by atoms with Crippen LogP contribution in [0.25, 0.3) is 0 Å². The monoisotopic (exact) mass is 375 g/mol. The third-order valence-electron chi connectivity index (χ3n) is 4.89. The summed E-state index contributed by atoms with van der Waals surface area (Å²) in [6.07, 6.45) is 0. The molecule has 138 valence electrons. The van der Waals surface area contributed by atoms with Crippen LogP contribution in [0.2, 0.25) is 5.02 Å². The largest absolute Gasteiger partial charge is 0.369 e. The van der Waals surface area contributed by atoms with Crippen LogP contribution in [0.5, 0.6) is 0 Å². The Bertz CT molecular complexity index is 773. The summed E-state index contributed by atoms with van der Waals surface area (Å²) in [4.78, 5) is 17.0. The second-order valence-electron chi connectivity index (χ2n) is 6.62. The van der Waals surface area contributed by atoms with Crippen molar-refractivity contribution >= 4 is 28.9 Å². The molecule has 4 nitrogen and oxygen atoms in total. The van der Waals surface area contributed by atoms with Crippen molar-refractivity contribution in [1.29, 1.82) is 0 Å². The lowest BCUT2D eigenvalue weighted by Crippen LogP contribution is -2.52. The van der Waals surface area contributed by atoms with Crippen LogP contribution in [0.1, 0.15) is 12.5 Å². The maximum atomic E-state index is 13.1. The third-order valence-corrected chi connectivity index (χ3v) is 5.13. The molecule has 1 saturated heterocycles. The number of benzene rings is 2. The summed E-state index contributed by atoms with van der Waals surface area (Å²) >= 11 is 6.02. The van der Waals surface area contributed by atoms with E-state index in [0.717, 1.165) is 43.1 Å². The van der Waals surface area contributed by atoms with Crippen LogP contribution in [0, 0.1) is 12.7 Å². The minimum absolute atomic E-state index is 0.0365. The molecule has 0 radical (unpaired) electrons. The van der Waals surface area contributed by atoms with E-state index in [1.807, 2.05) is 26.0 Å². The lowest BCUT2D eigenvalue weighted by Gasteiger charge is -2.38. The molecule has 3 rings (SSSR count). The number of nitrogens with one attached hydrogen (secondary N) is 1. The summed E-state index contributed by atoms with van der Waals surface area (Å²) in [7, 11) is 0. The SMILES string of the molecule is Cc1ccc(Cl)cc1NC(=O)[C@@H](C)N1CCN(c2ccc(F)cc2)CC1. The number of carbonyl (C=O) groups is 1. The van der Waals surface area contributed by atoms with Crippen LogP contribution >= 0.6 is 11.6 Å². The molecule has 1 amide bonds. The van der Waals surface area contributed by atoms with Crippen LogP contribution in [0.3, 0.4) is 0 Å². The first-order valence-electron chi connectivity index (χ1n) is 8.75. The van der Waals surface area contributed by atoms with Gasteiger partial charge in [-0.15, -0.1) is 0 Å². The number of hydrogen-bond acceptors (Lipinski definition) is 3. The maximum Gasteiger partial charge on any atom is 0.241 e. The van der Waals surface area contributed by atoms with E-state index in [2.05, 4.69) is 15.1 Å². The number of aryl methyl sites for hydroxylation is 1. The third kappa shape index (κ3) is 4.34. The van der Waals surface area contributed by atoms with Crippen LogP contribution in [0.15, 0.2) is 42.5 Å². The van der Waals surface area contributed by atoms with Gasteiger partial charge in [0.05, 0.1) is 6.04 Å². The molecule has 1 N–H and O–H groups in total. The number of nitrogens with zero attached hydrogens (tertiary/aromatic N) is 2. The van der Waals surface area contributed by atoms with Crippen LogP contribution in [-0.2, 0) is 4.79 Å². The van der Waals surface area contributed by atoms with Crippen LogP contribution in [-0.4, -0.2) is 43.0 Å². The number of piperazine rings is 1. The maximum absolute atomic E-state index is 13.1. The first-order valence-corrected chi connectivity index (χ1v) is 9.13. The van der Waals surface area contributed by atoms with Gasteiger partial charge in [0.1, 0.15) is 5.82 Å². The van der Waals surface area contributed by atoms with E-state index in [9.17, 15) is 9.18 Å². The van der Waals surface area contributed by atoms with E-state index in [1.54, 1.807) is 18.2 Å². The topological polar surface area (TPSA) is 35.6 Å². The first kappa shape index (κ1) is 18.7. The molecule has 2 aromatic carbocycles. The normalized spacial score (nSPS) is 16.4. The van der Waals surface area contributed by atoms with Gasteiger partial charge in [-0.1, -0.05) is 17.7 Å². The van der Waals surface area contributed by atoms with Gasteiger partial charge in [0, 0.05) is 42.6 Å². The quantitative estimate of drug-likeness (QED) is 0.879. The molecule has 2 aromatic rings. The summed E-state index contributed by atoms with van der Waals surface area (Å²) in [6.45, 7) is 7.03. The van der Waals surface area contributed by atoms with Gasteiger partial charge in [-0.3, -0.25) is 9.69 Å². The zero-order valence-electron chi connectivity index (χ0n) is 15.0. The Labute approximate surface area is 158 Å². The molecule has 1 fully saturated rings. The van der Waals surface area contributed by atoms with Crippen LogP contribution in [0.4, 0.5) is 15.8 Å².